The number of nitrogens with zero attached hydrogens (tertiary/aromatic N) is 1. The number of fused-ring (bicyclic) bond motifs is 1. The maximum atomic E-state index is 9.38. The first-order chi connectivity index (χ1) is 11.1. The molecule has 0 aliphatic rings. The third kappa shape index (κ3) is 4.91. The summed E-state index contributed by atoms with van der Waals surface area (Å²) < 4.78 is 5.74. The van der Waals surface area contributed by atoms with Crippen LogP contribution in [0.5, 0.6) is 5.88 Å². The summed E-state index contributed by atoms with van der Waals surface area (Å²) in [7, 11) is 0. The maximum Gasteiger partial charge on any atom is 0.213 e. The van der Waals surface area contributed by atoms with Crippen LogP contribution in [0.2, 0.25) is 0 Å². The molecule has 1 heterocycles. The van der Waals surface area contributed by atoms with Gasteiger partial charge in [0.25, 0.3) is 0 Å². The van der Waals surface area contributed by atoms with Crippen LogP contribution in [0.15, 0.2) is 30.3 Å². The smallest absolute Gasteiger partial charge is 0.213 e. The van der Waals surface area contributed by atoms with E-state index in [2.05, 4.69) is 11.9 Å². The lowest BCUT2D eigenvalue weighted by molar-refractivity contribution is 0.210. The Morgan fingerprint density at radius 2 is 1.91 bits per heavy atom. The summed E-state index contributed by atoms with van der Waals surface area (Å²) in [4.78, 5) is 4.53. The van der Waals surface area contributed by atoms with Crippen molar-refractivity contribution in [3.8, 4) is 5.88 Å². The molecule has 1 aromatic carbocycles. The van der Waals surface area contributed by atoms with Gasteiger partial charge in [-0.3, -0.25) is 0 Å². The van der Waals surface area contributed by atoms with Crippen molar-refractivity contribution in [2.24, 2.45) is 5.73 Å². The van der Waals surface area contributed by atoms with Crippen molar-refractivity contribution in [1.29, 1.82) is 0 Å². The molecule has 2 aromatic rings. The van der Waals surface area contributed by atoms with Crippen molar-refractivity contribution >= 4 is 10.9 Å². The highest BCUT2D eigenvalue weighted by molar-refractivity contribution is 5.80. The van der Waals surface area contributed by atoms with Gasteiger partial charge < -0.3 is 15.6 Å². The van der Waals surface area contributed by atoms with Crippen LogP contribution >= 0.6 is 0 Å². The normalized spacial score (nSPS) is 13.9. The van der Waals surface area contributed by atoms with E-state index in [9.17, 15) is 5.11 Å². The predicted octanol–water partition coefficient (Wildman–Crippen LogP) is 3.75. The number of ether oxygens (including phenoxy) is 1. The molecule has 3 N–H and O–H groups in total. The Hall–Kier alpha value is -1.65. The number of rotatable bonds is 9. The molecule has 4 heteroatoms. The van der Waals surface area contributed by atoms with E-state index in [1.54, 1.807) is 0 Å². The zero-order chi connectivity index (χ0) is 16.7. The van der Waals surface area contributed by atoms with Crippen molar-refractivity contribution in [3.63, 3.8) is 0 Å². The van der Waals surface area contributed by atoms with Crippen molar-refractivity contribution in [2.45, 2.75) is 51.5 Å². The van der Waals surface area contributed by atoms with Crippen molar-refractivity contribution in [1.82, 2.24) is 4.98 Å². The Morgan fingerprint density at radius 1 is 1.13 bits per heavy atom. The lowest BCUT2D eigenvalue weighted by atomic mass is 9.93. The van der Waals surface area contributed by atoms with E-state index in [1.807, 2.05) is 37.3 Å². The molecule has 0 bridgehead atoms. The molecule has 0 saturated carbocycles. The lowest BCUT2D eigenvalue weighted by Gasteiger charge is -2.22. The number of benzene rings is 1. The SMILES string of the molecule is CCCCCCCOc1ccc2cc([C@](C)(N)CO)ccc2n1. The third-order valence-electron chi connectivity index (χ3n) is 4.15. The lowest BCUT2D eigenvalue weighted by Crippen LogP contribution is -2.36. The van der Waals surface area contributed by atoms with Crippen molar-refractivity contribution in [3.05, 3.63) is 35.9 Å². The molecule has 0 aliphatic carbocycles. The topological polar surface area (TPSA) is 68.4 Å². The summed E-state index contributed by atoms with van der Waals surface area (Å²) in [6, 6.07) is 9.71. The predicted molar refractivity (Wildman–Crippen MR) is 94.6 cm³/mol. The minimum Gasteiger partial charge on any atom is -0.478 e. The summed E-state index contributed by atoms with van der Waals surface area (Å²) >= 11 is 0. The fourth-order valence-corrected chi connectivity index (χ4v) is 2.52. The van der Waals surface area contributed by atoms with E-state index >= 15 is 0 Å². The van der Waals surface area contributed by atoms with Crippen LogP contribution in [0.1, 0.15) is 51.5 Å². The van der Waals surface area contributed by atoms with Crippen LogP contribution in [-0.2, 0) is 5.54 Å². The van der Waals surface area contributed by atoms with Crippen LogP contribution in [-0.4, -0.2) is 23.3 Å². The Labute approximate surface area is 138 Å². The molecule has 0 fully saturated rings. The van der Waals surface area contributed by atoms with Gasteiger partial charge in [-0.15, -0.1) is 0 Å². The first kappa shape index (κ1) is 17.7. The number of aromatic nitrogens is 1. The van der Waals surface area contributed by atoms with E-state index in [-0.39, 0.29) is 6.61 Å². The van der Waals surface area contributed by atoms with E-state index in [0.29, 0.717) is 12.5 Å². The second-order valence-electron chi connectivity index (χ2n) is 6.40. The molecule has 1 atom stereocenters. The summed E-state index contributed by atoms with van der Waals surface area (Å²) in [6.07, 6.45) is 6.11. The fourth-order valence-electron chi connectivity index (χ4n) is 2.52. The van der Waals surface area contributed by atoms with E-state index in [4.69, 9.17) is 10.5 Å². The quantitative estimate of drug-likeness (QED) is 0.691. The number of nitrogens with two attached hydrogens (primary N) is 1. The monoisotopic (exact) mass is 316 g/mol. The molecular formula is C19H28N2O2. The minimum atomic E-state index is -0.734. The highest BCUT2D eigenvalue weighted by Gasteiger charge is 2.20. The van der Waals surface area contributed by atoms with Crippen LogP contribution in [0, 0.1) is 0 Å². The zero-order valence-electron chi connectivity index (χ0n) is 14.2. The summed E-state index contributed by atoms with van der Waals surface area (Å²) in [5.41, 5.74) is 7.13. The van der Waals surface area contributed by atoms with Gasteiger partial charge in [-0.2, -0.15) is 0 Å². The number of aliphatic hydroxyl groups excluding tert-OH is 1. The zero-order valence-corrected chi connectivity index (χ0v) is 14.2. The van der Waals surface area contributed by atoms with Crippen LogP contribution in [0.3, 0.4) is 0 Å². The molecule has 1 aromatic heterocycles. The largest absolute Gasteiger partial charge is 0.478 e. The Morgan fingerprint density at radius 3 is 2.65 bits per heavy atom. The molecule has 0 amide bonds. The van der Waals surface area contributed by atoms with Crippen molar-refractivity contribution in [2.75, 3.05) is 13.2 Å². The number of hydrogen-bond donors (Lipinski definition) is 2. The number of hydrogen-bond acceptors (Lipinski definition) is 4. The molecule has 23 heavy (non-hydrogen) atoms. The van der Waals surface area contributed by atoms with Gasteiger partial charge >= 0.3 is 0 Å². The number of unbranched alkanes of at least 4 members (excludes halogenated alkanes) is 4. The molecule has 0 aliphatic heterocycles. The number of aliphatic hydroxyl groups is 1. The van der Waals surface area contributed by atoms with Gasteiger partial charge in [0.05, 0.1) is 24.3 Å². The molecule has 4 nitrogen and oxygen atoms in total. The second kappa shape index (κ2) is 8.27. The van der Waals surface area contributed by atoms with Gasteiger partial charge in [-0.05, 0) is 37.1 Å². The maximum absolute atomic E-state index is 9.38. The average molecular weight is 316 g/mol. The van der Waals surface area contributed by atoms with Gasteiger partial charge in [-0.1, -0.05) is 38.7 Å². The van der Waals surface area contributed by atoms with E-state index in [1.165, 1.54) is 25.7 Å². The van der Waals surface area contributed by atoms with Gasteiger partial charge in [0.2, 0.25) is 5.88 Å². The van der Waals surface area contributed by atoms with Gasteiger partial charge in [0.15, 0.2) is 0 Å². The highest BCUT2D eigenvalue weighted by Crippen LogP contribution is 2.23. The van der Waals surface area contributed by atoms with Crippen LogP contribution in [0.25, 0.3) is 10.9 Å². The second-order valence-corrected chi connectivity index (χ2v) is 6.40. The molecule has 126 valence electrons. The molecule has 0 spiro atoms. The first-order valence-corrected chi connectivity index (χ1v) is 8.50. The molecule has 2 rings (SSSR count). The van der Waals surface area contributed by atoms with Crippen LogP contribution < -0.4 is 10.5 Å². The summed E-state index contributed by atoms with van der Waals surface area (Å²) in [6.45, 7) is 4.66. The van der Waals surface area contributed by atoms with E-state index < -0.39 is 5.54 Å². The molecule has 0 unspecified atom stereocenters. The average Bonchev–Trinajstić information content (AvgIpc) is 2.57. The molecule has 0 radical (unpaired) electrons. The summed E-state index contributed by atoms with van der Waals surface area (Å²) in [5, 5.41) is 10.4. The fraction of sp³-hybridized carbons (Fsp3) is 0.526. The Kier molecular flexibility index (Phi) is 6.37. The van der Waals surface area contributed by atoms with Crippen molar-refractivity contribution < 1.29 is 9.84 Å². The minimum absolute atomic E-state index is 0.0921. The molecular weight excluding hydrogens is 288 g/mol. The highest BCUT2D eigenvalue weighted by atomic mass is 16.5. The first-order valence-electron chi connectivity index (χ1n) is 8.50. The standard InChI is InChI=1S/C19H28N2O2/c1-3-4-5-6-7-12-23-18-11-8-15-13-16(19(2,20)14-22)9-10-17(15)21-18/h8-11,13,22H,3-7,12,14,20H2,1-2H3/t19-/m1/s1. The molecule has 0 saturated heterocycles. The summed E-state index contributed by atoms with van der Waals surface area (Å²) in [5.74, 6) is 0.665. The van der Waals surface area contributed by atoms with Crippen LogP contribution in [0.4, 0.5) is 0 Å². The van der Waals surface area contributed by atoms with E-state index in [0.717, 1.165) is 22.9 Å². The van der Waals surface area contributed by atoms with Gasteiger partial charge in [0, 0.05) is 11.5 Å². The Balaban J connectivity index is 1.98. The Bertz CT molecular complexity index is 626. The van der Waals surface area contributed by atoms with Gasteiger partial charge in [0.1, 0.15) is 0 Å². The van der Waals surface area contributed by atoms with Gasteiger partial charge in [-0.25, -0.2) is 4.98 Å². The number of pyridine rings is 1. The third-order valence-corrected chi connectivity index (χ3v) is 4.15.